The number of ketones is 1. The zero-order valence-electron chi connectivity index (χ0n) is 11.5. The maximum Gasteiger partial charge on any atom is 0.407 e. The fourth-order valence-electron chi connectivity index (χ4n) is 1.92. The highest BCUT2D eigenvalue weighted by Gasteiger charge is 2.35. The molecule has 0 radical (unpaired) electrons. The van der Waals surface area contributed by atoms with Gasteiger partial charge in [0.25, 0.3) is 0 Å². The molecule has 0 aromatic rings. The summed E-state index contributed by atoms with van der Waals surface area (Å²) < 4.78 is 5.16. The molecule has 0 unspecified atom stereocenters. The van der Waals surface area contributed by atoms with Crippen molar-refractivity contribution < 1.29 is 14.3 Å². The van der Waals surface area contributed by atoms with Crippen LogP contribution in [-0.2, 0) is 9.53 Å². The number of allylic oxidation sites excluding steroid dienone is 1. The van der Waals surface area contributed by atoms with Crippen molar-refractivity contribution in [2.45, 2.75) is 58.1 Å². The third kappa shape index (κ3) is 4.90. The van der Waals surface area contributed by atoms with Gasteiger partial charge in [-0.15, -0.1) is 6.58 Å². The van der Waals surface area contributed by atoms with E-state index < -0.39 is 11.7 Å². The Morgan fingerprint density at radius 3 is 2.50 bits per heavy atom. The van der Waals surface area contributed by atoms with Crippen molar-refractivity contribution in [3.05, 3.63) is 12.7 Å². The van der Waals surface area contributed by atoms with Gasteiger partial charge in [-0.2, -0.15) is 0 Å². The molecule has 0 spiro atoms. The average Bonchev–Trinajstić information content (AvgIpc) is 2.16. The van der Waals surface area contributed by atoms with E-state index in [0.717, 1.165) is 19.3 Å². The molecule has 4 heteroatoms. The van der Waals surface area contributed by atoms with Gasteiger partial charge in [-0.25, -0.2) is 4.79 Å². The van der Waals surface area contributed by atoms with E-state index in [4.69, 9.17) is 4.74 Å². The number of ether oxygens (including phenoxy) is 1. The molecule has 1 saturated carbocycles. The lowest BCUT2D eigenvalue weighted by Crippen LogP contribution is -2.48. The fraction of sp³-hybridized carbons (Fsp3) is 0.714. The van der Waals surface area contributed by atoms with Gasteiger partial charge in [-0.05, 0) is 40.0 Å². The zero-order chi connectivity index (χ0) is 13.8. The Hall–Kier alpha value is -1.32. The Morgan fingerprint density at radius 2 is 2.00 bits per heavy atom. The molecule has 4 nitrogen and oxygen atoms in total. The largest absolute Gasteiger partial charge is 0.444 e. The van der Waals surface area contributed by atoms with Gasteiger partial charge in [0, 0.05) is 18.4 Å². The highest BCUT2D eigenvalue weighted by Crippen LogP contribution is 2.29. The SMILES string of the molecule is C=CCCC(=O)C1CC(NC(=O)OC(C)(C)C)C1. The minimum absolute atomic E-state index is 0.0810. The lowest BCUT2D eigenvalue weighted by Gasteiger charge is -2.35. The van der Waals surface area contributed by atoms with Crippen LogP contribution in [0.4, 0.5) is 4.79 Å². The smallest absolute Gasteiger partial charge is 0.407 e. The number of hydrogen-bond acceptors (Lipinski definition) is 3. The van der Waals surface area contributed by atoms with Crippen LogP contribution in [0, 0.1) is 5.92 Å². The molecule has 1 rings (SSSR count). The Kier molecular flexibility index (Phi) is 4.93. The van der Waals surface area contributed by atoms with E-state index in [0.29, 0.717) is 6.42 Å². The molecule has 1 N–H and O–H groups in total. The van der Waals surface area contributed by atoms with Crippen LogP contribution in [0.25, 0.3) is 0 Å². The van der Waals surface area contributed by atoms with E-state index in [1.807, 2.05) is 20.8 Å². The molecule has 0 saturated heterocycles. The molecule has 0 aliphatic heterocycles. The summed E-state index contributed by atoms with van der Waals surface area (Å²) in [6.45, 7) is 9.08. The van der Waals surface area contributed by atoms with Crippen molar-refractivity contribution in [3.8, 4) is 0 Å². The van der Waals surface area contributed by atoms with Crippen LogP contribution < -0.4 is 5.32 Å². The fourth-order valence-corrected chi connectivity index (χ4v) is 1.92. The van der Waals surface area contributed by atoms with Crippen molar-refractivity contribution in [2.75, 3.05) is 0 Å². The molecule has 0 aromatic carbocycles. The first kappa shape index (κ1) is 14.7. The lowest BCUT2D eigenvalue weighted by molar-refractivity contribution is -0.126. The van der Waals surface area contributed by atoms with Crippen LogP contribution in [0.5, 0.6) is 0 Å². The summed E-state index contributed by atoms with van der Waals surface area (Å²) >= 11 is 0. The van der Waals surface area contributed by atoms with Crippen molar-refractivity contribution in [1.82, 2.24) is 5.32 Å². The number of rotatable bonds is 5. The Labute approximate surface area is 109 Å². The van der Waals surface area contributed by atoms with Crippen molar-refractivity contribution in [2.24, 2.45) is 5.92 Å². The molecule has 0 heterocycles. The van der Waals surface area contributed by atoms with Crippen LogP contribution in [0.15, 0.2) is 12.7 Å². The minimum Gasteiger partial charge on any atom is -0.444 e. The minimum atomic E-state index is -0.479. The molecular weight excluding hydrogens is 230 g/mol. The summed E-state index contributed by atoms with van der Waals surface area (Å²) in [4.78, 5) is 23.1. The molecule has 0 bridgehead atoms. The zero-order valence-corrected chi connectivity index (χ0v) is 11.5. The van der Waals surface area contributed by atoms with Crippen molar-refractivity contribution in [1.29, 1.82) is 0 Å². The van der Waals surface area contributed by atoms with E-state index in [2.05, 4.69) is 11.9 Å². The normalized spacial score (nSPS) is 22.8. The Bertz CT molecular complexity index is 324. The molecule has 1 amide bonds. The van der Waals surface area contributed by atoms with Crippen LogP contribution in [-0.4, -0.2) is 23.5 Å². The number of alkyl carbamates (subject to hydrolysis) is 1. The number of hydrogen-bond donors (Lipinski definition) is 1. The third-order valence-corrected chi connectivity index (χ3v) is 2.91. The van der Waals surface area contributed by atoms with E-state index in [1.165, 1.54) is 0 Å². The van der Waals surface area contributed by atoms with E-state index in [9.17, 15) is 9.59 Å². The van der Waals surface area contributed by atoms with E-state index in [1.54, 1.807) is 6.08 Å². The molecule has 0 aromatic heterocycles. The summed E-state index contributed by atoms with van der Waals surface area (Å²) in [5.74, 6) is 0.377. The van der Waals surface area contributed by atoms with Crippen molar-refractivity contribution in [3.63, 3.8) is 0 Å². The third-order valence-electron chi connectivity index (χ3n) is 2.91. The van der Waals surface area contributed by atoms with Crippen molar-refractivity contribution >= 4 is 11.9 Å². The van der Waals surface area contributed by atoms with Gasteiger partial charge < -0.3 is 10.1 Å². The van der Waals surface area contributed by atoms with Gasteiger partial charge in [-0.1, -0.05) is 6.08 Å². The number of amides is 1. The lowest BCUT2D eigenvalue weighted by atomic mass is 9.76. The first-order valence-corrected chi connectivity index (χ1v) is 6.45. The monoisotopic (exact) mass is 253 g/mol. The molecule has 1 aliphatic rings. The highest BCUT2D eigenvalue weighted by atomic mass is 16.6. The van der Waals surface area contributed by atoms with Gasteiger partial charge in [-0.3, -0.25) is 4.79 Å². The Morgan fingerprint density at radius 1 is 1.39 bits per heavy atom. The average molecular weight is 253 g/mol. The number of Topliss-reactive ketones (excluding diaryl/α,β-unsaturated/α-hetero) is 1. The molecule has 1 aliphatic carbocycles. The first-order chi connectivity index (χ1) is 8.31. The van der Waals surface area contributed by atoms with E-state index >= 15 is 0 Å². The van der Waals surface area contributed by atoms with Crippen LogP contribution >= 0.6 is 0 Å². The van der Waals surface area contributed by atoms with Gasteiger partial charge in [0.05, 0.1) is 0 Å². The molecular formula is C14H23NO3. The second-order valence-electron chi connectivity index (χ2n) is 5.81. The summed E-state index contributed by atoms with van der Waals surface area (Å²) in [5, 5.41) is 2.78. The second-order valence-corrected chi connectivity index (χ2v) is 5.81. The maximum atomic E-state index is 11.7. The van der Waals surface area contributed by atoms with E-state index in [-0.39, 0.29) is 17.7 Å². The topological polar surface area (TPSA) is 55.4 Å². The predicted octanol–water partition coefficient (Wildman–Crippen LogP) is 2.83. The first-order valence-electron chi connectivity index (χ1n) is 6.45. The van der Waals surface area contributed by atoms with Crippen LogP contribution in [0.3, 0.4) is 0 Å². The molecule has 1 fully saturated rings. The number of carbonyl (C=O) groups is 2. The summed E-state index contributed by atoms with van der Waals surface area (Å²) in [6, 6.07) is 0.0810. The van der Waals surface area contributed by atoms with Crippen LogP contribution in [0.2, 0.25) is 0 Å². The summed E-state index contributed by atoms with van der Waals surface area (Å²) in [7, 11) is 0. The van der Waals surface area contributed by atoms with Crippen LogP contribution in [0.1, 0.15) is 46.5 Å². The molecule has 102 valence electrons. The predicted molar refractivity (Wildman–Crippen MR) is 70.3 cm³/mol. The Balaban J connectivity index is 2.21. The molecule has 0 atom stereocenters. The summed E-state index contributed by atoms with van der Waals surface area (Å²) in [5.41, 5.74) is -0.479. The summed E-state index contributed by atoms with van der Waals surface area (Å²) in [6.07, 6.45) is 4.12. The number of nitrogens with one attached hydrogen (secondary N) is 1. The standard InChI is InChI=1S/C14H23NO3/c1-5-6-7-12(16)10-8-11(9-10)15-13(17)18-14(2,3)4/h5,10-11H,1,6-9H2,2-4H3,(H,15,17). The highest BCUT2D eigenvalue weighted by molar-refractivity contribution is 5.82. The van der Waals surface area contributed by atoms with Gasteiger partial charge in [0.2, 0.25) is 0 Å². The number of carbonyl (C=O) groups excluding carboxylic acids is 2. The van der Waals surface area contributed by atoms with Gasteiger partial charge in [0.15, 0.2) is 0 Å². The van der Waals surface area contributed by atoms with Gasteiger partial charge in [0.1, 0.15) is 11.4 Å². The van der Waals surface area contributed by atoms with Gasteiger partial charge >= 0.3 is 6.09 Å². The quantitative estimate of drug-likeness (QED) is 0.766. The second kappa shape index (κ2) is 6.03. The maximum absolute atomic E-state index is 11.7. The molecule has 18 heavy (non-hydrogen) atoms.